The first-order valence-electron chi connectivity index (χ1n) is 10.0. The van der Waals surface area contributed by atoms with Crippen molar-refractivity contribution in [2.45, 2.75) is 24.7 Å². The molecule has 3 aromatic rings. The molecular weight excluding hydrogens is 402 g/mol. The number of H-pyrrole nitrogens is 1. The molecule has 4 rings (SSSR count). The number of nitrogens with zero attached hydrogens (tertiary/aromatic N) is 1. The predicted molar refractivity (Wildman–Crippen MR) is 116 cm³/mol. The van der Waals surface area contributed by atoms with Crippen molar-refractivity contribution in [1.29, 1.82) is 0 Å². The molecule has 2 N–H and O–H groups in total. The first-order valence-corrected chi connectivity index (χ1v) is 11.6. The van der Waals surface area contributed by atoms with E-state index in [1.165, 1.54) is 4.90 Å². The van der Waals surface area contributed by atoms with Crippen molar-refractivity contribution in [3.05, 3.63) is 71.9 Å². The van der Waals surface area contributed by atoms with Gasteiger partial charge in [-0.25, -0.2) is 17.9 Å². The molecule has 0 aliphatic carbocycles. The number of fused-ring (bicyclic) bond motifs is 1. The van der Waals surface area contributed by atoms with Crippen molar-refractivity contribution in [1.82, 2.24) is 14.6 Å². The van der Waals surface area contributed by atoms with Gasteiger partial charge in [-0.1, -0.05) is 48.5 Å². The Morgan fingerprint density at radius 3 is 2.73 bits per heavy atom. The van der Waals surface area contributed by atoms with Gasteiger partial charge in [0.25, 0.3) is 0 Å². The van der Waals surface area contributed by atoms with Crippen LogP contribution in [-0.2, 0) is 27.8 Å². The molecule has 1 aromatic heterocycles. The van der Waals surface area contributed by atoms with E-state index in [1.807, 2.05) is 60.8 Å². The number of hydrogen-bond donors (Lipinski definition) is 2. The Bertz CT molecular complexity index is 1110. The molecule has 0 spiro atoms. The Labute approximate surface area is 176 Å². The number of benzene rings is 2. The molecule has 1 amide bonds. The van der Waals surface area contributed by atoms with E-state index in [-0.39, 0.29) is 13.2 Å². The summed E-state index contributed by atoms with van der Waals surface area (Å²) in [5.74, 6) is 0. The van der Waals surface area contributed by atoms with Crippen molar-refractivity contribution in [2.24, 2.45) is 0 Å². The van der Waals surface area contributed by atoms with Crippen molar-refractivity contribution in [3.8, 4) is 0 Å². The van der Waals surface area contributed by atoms with Crippen LogP contribution in [0.4, 0.5) is 4.79 Å². The molecule has 0 saturated carbocycles. The van der Waals surface area contributed by atoms with Gasteiger partial charge in [-0.05, 0) is 30.0 Å². The number of aromatic nitrogens is 1. The number of ether oxygens (including phenoxy) is 1. The third-order valence-corrected chi connectivity index (χ3v) is 7.29. The highest BCUT2D eigenvalue weighted by molar-refractivity contribution is 7.90. The summed E-state index contributed by atoms with van der Waals surface area (Å²) in [4.78, 5) is 16.9. The number of nitrogens with one attached hydrogen (secondary N) is 2. The van der Waals surface area contributed by atoms with Crippen LogP contribution in [0.25, 0.3) is 10.9 Å². The second-order valence-electron chi connectivity index (χ2n) is 7.45. The van der Waals surface area contributed by atoms with Crippen LogP contribution in [-0.4, -0.2) is 49.3 Å². The Morgan fingerprint density at radius 1 is 1.13 bits per heavy atom. The SMILES string of the molecule is O=C(OCc1ccccc1)N1CCC(S(=O)(=O)NCCc2c[nH]c3ccccc23)C1. The normalized spacial score (nSPS) is 16.8. The number of amides is 1. The van der Waals surface area contributed by atoms with Crippen LogP contribution in [0.2, 0.25) is 0 Å². The highest BCUT2D eigenvalue weighted by Gasteiger charge is 2.35. The smallest absolute Gasteiger partial charge is 0.410 e. The van der Waals surface area contributed by atoms with E-state index in [2.05, 4.69) is 9.71 Å². The van der Waals surface area contributed by atoms with E-state index < -0.39 is 21.4 Å². The summed E-state index contributed by atoms with van der Waals surface area (Å²) in [6, 6.07) is 17.3. The lowest BCUT2D eigenvalue weighted by Gasteiger charge is -2.17. The highest BCUT2D eigenvalue weighted by atomic mass is 32.2. The average molecular weight is 428 g/mol. The average Bonchev–Trinajstić information content (AvgIpc) is 3.41. The molecule has 1 atom stereocenters. The fraction of sp³-hybridized carbons (Fsp3) is 0.318. The number of likely N-dealkylation sites (tertiary alicyclic amines) is 1. The molecular formula is C22H25N3O4S. The summed E-state index contributed by atoms with van der Waals surface area (Å²) < 4.78 is 33.4. The minimum atomic E-state index is -3.51. The Balaban J connectivity index is 1.27. The van der Waals surface area contributed by atoms with Crippen molar-refractivity contribution < 1.29 is 17.9 Å². The molecule has 1 fully saturated rings. The van der Waals surface area contributed by atoms with Crippen LogP contribution in [0.15, 0.2) is 60.8 Å². The summed E-state index contributed by atoms with van der Waals surface area (Å²) in [7, 11) is -3.51. The largest absolute Gasteiger partial charge is 0.445 e. The van der Waals surface area contributed by atoms with Crippen molar-refractivity contribution >= 4 is 27.0 Å². The van der Waals surface area contributed by atoms with E-state index >= 15 is 0 Å². The zero-order valence-corrected chi connectivity index (χ0v) is 17.4. The van der Waals surface area contributed by atoms with Crippen LogP contribution < -0.4 is 4.72 Å². The standard InChI is InChI=1S/C22H25N3O4S/c26-22(29-16-17-6-2-1-3-7-17)25-13-11-19(15-25)30(27,28)24-12-10-18-14-23-21-9-5-4-8-20(18)21/h1-9,14,19,23-24H,10-13,15-16H2. The van der Waals surface area contributed by atoms with Gasteiger partial charge in [0.15, 0.2) is 0 Å². The molecule has 158 valence electrons. The zero-order chi connectivity index (χ0) is 21.0. The molecule has 30 heavy (non-hydrogen) atoms. The first-order chi connectivity index (χ1) is 14.5. The quantitative estimate of drug-likeness (QED) is 0.606. The minimum absolute atomic E-state index is 0.149. The van der Waals surface area contributed by atoms with Crippen LogP contribution in [0.1, 0.15) is 17.5 Å². The van der Waals surface area contributed by atoms with Gasteiger partial charge in [-0.15, -0.1) is 0 Å². The lowest BCUT2D eigenvalue weighted by molar-refractivity contribution is 0.104. The molecule has 1 aliphatic rings. The van der Waals surface area contributed by atoms with Gasteiger partial charge < -0.3 is 14.6 Å². The molecule has 7 nitrogen and oxygen atoms in total. The van der Waals surface area contributed by atoms with Gasteiger partial charge >= 0.3 is 6.09 Å². The van der Waals surface area contributed by atoms with E-state index in [9.17, 15) is 13.2 Å². The van der Waals surface area contributed by atoms with Gasteiger partial charge in [0, 0.05) is 36.7 Å². The Kier molecular flexibility index (Phi) is 6.06. The van der Waals surface area contributed by atoms with E-state index in [0.29, 0.717) is 25.9 Å². The van der Waals surface area contributed by atoms with Gasteiger partial charge in [-0.3, -0.25) is 0 Å². The maximum Gasteiger partial charge on any atom is 0.410 e. The fourth-order valence-electron chi connectivity index (χ4n) is 3.74. The summed E-state index contributed by atoms with van der Waals surface area (Å²) in [6.45, 7) is 1.02. The lowest BCUT2D eigenvalue weighted by Crippen LogP contribution is -2.38. The third kappa shape index (κ3) is 4.66. The number of para-hydroxylation sites is 1. The van der Waals surface area contributed by atoms with E-state index in [1.54, 1.807) is 0 Å². The van der Waals surface area contributed by atoms with Crippen molar-refractivity contribution in [3.63, 3.8) is 0 Å². The number of sulfonamides is 1. The Morgan fingerprint density at radius 2 is 1.90 bits per heavy atom. The number of hydrogen-bond acceptors (Lipinski definition) is 4. The number of carbonyl (C=O) groups is 1. The van der Waals surface area contributed by atoms with Crippen LogP contribution in [0.3, 0.4) is 0 Å². The molecule has 8 heteroatoms. The molecule has 0 radical (unpaired) electrons. The van der Waals surface area contributed by atoms with E-state index in [4.69, 9.17) is 4.74 Å². The maximum absolute atomic E-state index is 12.7. The molecule has 2 aromatic carbocycles. The van der Waals surface area contributed by atoms with Gasteiger partial charge in [-0.2, -0.15) is 0 Å². The highest BCUT2D eigenvalue weighted by Crippen LogP contribution is 2.19. The van der Waals surface area contributed by atoms with Gasteiger partial charge in [0.2, 0.25) is 10.0 Å². The first kappa shape index (κ1) is 20.4. The zero-order valence-electron chi connectivity index (χ0n) is 16.6. The molecule has 1 saturated heterocycles. The summed E-state index contributed by atoms with van der Waals surface area (Å²) in [6.07, 6.45) is 2.44. The number of rotatable bonds is 7. The van der Waals surface area contributed by atoms with Gasteiger partial charge in [0.05, 0.1) is 5.25 Å². The van der Waals surface area contributed by atoms with Crippen LogP contribution in [0.5, 0.6) is 0 Å². The second kappa shape index (κ2) is 8.89. The molecule has 1 aliphatic heterocycles. The monoisotopic (exact) mass is 427 g/mol. The lowest BCUT2D eigenvalue weighted by atomic mass is 10.1. The van der Waals surface area contributed by atoms with Crippen LogP contribution >= 0.6 is 0 Å². The molecule has 2 heterocycles. The summed E-state index contributed by atoms with van der Waals surface area (Å²) >= 11 is 0. The number of carbonyl (C=O) groups excluding carboxylic acids is 1. The maximum atomic E-state index is 12.7. The van der Waals surface area contributed by atoms with Crippen LogP contribution in [0, 0.1) is 0 Å². The van der Waals surface area contributed by atoms with E-state index in [0.717, 1.165) is 22.0 Å². The van der Waals surface area contributed by atoms with Gasteiger partial charge in [0.1, 0.15) is 6.61 Å². The number of aromatic amines is 1. The fourth-order valence-corrected chi connectivity index (χ4v) is 5.16. The molecule has 1 unspecified atom stereocenters. The summed E-state index contributed by atoms with van der Waals surface area (Å²) in [5, 5.41) is 0.481. The summed E-state index contributed by atoms with van der Waals surface area (Å²) in [5.41, 5.74) is 3.01. The Hall–Kier alpha value is -2.84. The second-order valence-corrected chi connectivity index (χ2v) is 9.49. The topological polar surface area (TPSA) is 91.5 Å². The predicted octanol–water partition coefficient (Wildman–Crippen LogP) is 3.04. The molecule has 0 bridgehead atoms. The van der Waals surface area contributed by atoms with Crippen molar-refractivity contribution in [2.75, 3.05) is 19.6 Å². The third-order valence-electron chi connectivity index (χ3n) is 5.42. The minimum Gasteiger partial charge on any atom is -0.445 e.